The summed E-state index contributed by atoms with van der Waals surface area (Å²) in [5.74, 6) is -0.264. The van der Waals surface area contributed by atoms with E-state index < -0.39 is 30.1 Å². The SMILES string of the molecule is CC(C)C[C@@H](C(=O)N[C@@H](C)C(=O)N1C[C@H](O)C[C@H]1C(=O)N[C@@H](C)c1ccc(Cl)cc1)N1CCN(CCCc2ccc(C(=O)NC3C(C)(C)C(Oc4ccc(C#N)c(Cl)c4)C3(C)C)cc2)CC1. The van der Waals surface area contributed by atoms with Gasteiger partial charge < -0.3 is 35.6 Å². The highest BCUT2D eigenvalue weighted by Gasteiger charge is 2.64. The van der Waals surface area contributed by atoms with Crippen molar-refractivity contribution < 1.29 is 29.0 Å². The molecule has 66 heavy (non-hydrogen) atoms. The number of carbonyl (C=O) groups excluding carboxylic acids is 4. The molecule has 2 aliphatic heterocycles. The maximum Gasteiger partial charge on any atom is 0.251 e. The summed E-state index contributed by atoms with van der Waals surface area (Å²) in [5, 5.41) is 29.9. The molecule has 0 bridgehead atoms. The van der Waals surface area contributed by atoms with Gasteiger partial charge in [0.1, 0.15) is 30.0 Å². The first-order chi connectivity index (χ1) is 31.2. The summed E-state index contributed by atoms with van der Waals surface area (Å²) in [6.07, 6.45) is 1.53. The van der Waals surface area contributed by atoms with Gasteiger partial charge in [0.15, 0.2) is 0 Å². The van der Waals surface area contributed by atoms with Crippen molar-refractivity contribution in [2.24, 2.45) is 16.7 Å². The number of ether oxygens (including phenoxy) is 1. The highest BCUT2D eigenvalue weighted by Crippen LogP contribution is 2.55. The second-order valence-electron chi connectivity index (χ2n) is 20.0. The molecule has 0 spiro atoms. The summed E-state index contributed by atoms with van der Waals surface area (Å²) in [7, 11) is 0. The Morgan fingerprint density at radius 2 is 1.55 bits per heavy atom. The number of benzene rings is 3. The molecule has 15 heteroatoms. The number of piperazine rings is 1. The highest BCUT2D eigenvalue weighted by molar-refractivity contribution is 6.31. The van der Waals surface area contributed by atoms with Crippen LogP contribution in [-0.4, -0.2) is 119 Å². The van der Waals surface area contributed by atoms with Crippen LogP contribution in [-0.2, 0) is 20.8 Å². The van der Waals surface area contributed by atoms with E-state index in [0.29, 0.717) is 46.4 Å². The Bertz CT molecular complexity index is 2220. The molecule has 4 N–H and O–H groups in total. The van der Waals surface area contributed by atoms with Gasteiger partial charge in [-0.15, -0.1) is 0 Å². The normalized spacial score (nSPS) is 22.9. The van der Waals surface area contributed by atoms with Crippen LogP contribution in [0.4, 0.5) is 0 Å². The molecule has 2 heterocycles. The number of nitrogens with zero attached hydrogens (tertiary/aromatic N) is 4. The van der Waals surface area contributed by atoms with Crippen LogP contribution in [0.1, 0.15) is 108 Å². The first-order valence-corrected chi connectivity index (χ1v) is 24.0. The van der Waals surface area contributed by atoms with Gasteiger partial charge in [-0.2, -0.15) is 5.26 Å². The smallest absolute Gasteiger partial charge is 0.251 e. The van der Waals surface area contributed by atoms with Crippen molar-refractivity contribution in [3.63, 3.8) is 0 Å². The maximum atomic E-state index is 13.9. The number of nitriles is 1. The number of aliphatic hydroxyl groups excluding tert-OH is 1. The van der Waals surface area contributed by atoms with E-state index in [1.54, 1.807) is 37.3 Å². The number of rotatable bonds is 17. The lowest BCUT2D eigenvalue weighted by Crippen LogP contribution is -2.74. The summed E-state index contributed by atoms with van der Waals surface area (Å²) in [4.78, 5) is 60.6. The lowest BCUT2D eigenvalue weighted by Gasteiger charge is -2.63. The van der Waals surface area contributed by atoms with E-state index in [-0.39, 0.29) is 65.6 Å². The molecule has 1 aliphatic carbocycles. The number of hydrogen-bond acceptors (Lipinski definition) is 9. The van der Waals surface area contributed by atoms with Crippen LogP contribution < -0.4 is 20.7 Å². The zero-order valence-electron chi connectivity index (χ0n) is 39.6. The van der Waals surface area contributed by atoms with Gasteiger partial charge in [-0.1, -0.05) is 89.0 Å². The molecule has 13 nitrogen and oxygen atoms in total. The van der Waals surface area contributed by atoms with Crippen molar-refractivity contribution in [2.45, 2.75) is 123 Å². The van der Waals surface area contributed by atoms with Gasteiger partial charge in [-0.3, -0.25) is 24.1 Å². The second kappa shape index (κ2) is 21.5. The van der Waals surface area contributed by atoms with Gasteiger partial charge in [0.05, 0.1) is 28.8 Å². The quantitative estimate of drug-likeness (QED) is 0.114. The maximum absolute atomic E-state index is 13.9. The Morgan fingerprint density at radius 3 is 2.15 bits per heavy atom. The van der Waals surface area contributed by atoms with Crippen molar-refractivity contribution >= 4 is 46.8 Å². The van der Waals surface area contributed by atoms with Crippen LogP contribution in [0, 0.1) is 28.1 Å². The van der Waals surface area contributed by atoms with Crippen molar-refractivity contribution in [3.8, 4) is 11.8 Å². The molecule has 3 aromatic rings. The third-order valence-corrected chi connectivity index (χ3v) is 14.3. The molecule has 356 valence electrons. The molecule has 5 atom stereocenters. The van der Waals surface area contributed by atoms with E-state index in [1.807, 2.05) is 43.3 Å². The van der Waals surface area contributed by atoms with Crippen molar-refractivity contribution in [3.05, 3.63) is 99.0 Å². The third-order valence-electron chi connectivity index (χ3n) is 13.8. The first kappa shape index (κ1) is 50.7. The molecule has 0 aromatic heterocycles. The molecule has 3 aromatic carbocycles. The molecule has 1 saturated carbocycles. The lowest BCUT2D eigenvalue weighted by molar-refractivity contribution is -0.164. The molecular weight excluding hydrogens is 878 g/mol. The van der Waals surface area contributed by atoms with Crippen LogP contribution in [0.3, 0.4) is 0 Å². The molecular formula is C51H67Cl2N7O6. The third kappa shape index (κ3) is 11.9. The fraction of sp³-hybridized carbons (Fsp3) is 0.549. The fourth-order valence-corrected chi connectivity index (χ4v) is 10.7. The van der Waals surface area contributed by atoms with Gasteiger partial charge in [0.2, 0.25) is 17.7 Å². The summed E-state index contributed by atoms with van der Waals surface area (Å²) < 4.78 is 6.38. The van der Waals surface area contributed by atoms with Gasteiger partial charge in [-0.25, -0.2) is 0 Å². The summed E-state index contributed by atoms with van der Waals surface area (Å²) in [5.41, 5.74) is 2.29. The van der Waals surface area contributed by atoms with E-state index in [2.05, 4.69) is 73.4 Å². The zero-order valence-corrected chi connectivity index (χ0v) is 41.1. The molecule has 0 unspecified atom stereocenters. The molecule has 3 fully saturated rings. The highest BCUT2D eigenvalue weighted by atomic mass is 35.5. The van der Waals surface area contributed by atoms with Gasteiger partial charge in [-0.05, 0) is 93.1 Å². The summed E-state index contributed by atoms with van der Waals surface area (Å²) in [6.45, 7) is 20.0. The minimum absolute atomic E-state index is 0.0161. The van der Waals surface area contributed by atoms with Gasteiger partial charge >= 0.3 is 0 Å². The molecule has 6 rings (SSSR count). The van der Waals surface area contributed by atoms with Crippen molar-refractivity contribution in [1.82, 2.24) is 30.7 Å². The van der Waals surface area contributed by atoms with Crippen LogP contribution in [0.25, 0.3) is 0 Å². The lowest BCUT2D eigenvalue weighted by atomic mass is 9.49. The Kier molecular flexibility index (Phi) is 16.5. The number of halogens is 2. The van der Waals surface area contributed by atoms with E-state index in [9.17, 15) is 29.5 Å². The molecule has 0 radical (unpaired) electrons. The Morgan fingerprint density at radius 1 is 0.894 bits per heavy atom. The van der Waals surface area contributed by atoms with Crippen molar-refractivity contribution in [2.75, 3.05) is 39.3 Å². The number of β-amino-alcohol motifs (C(OH)–C–C–N with tert-alkyl or cyclic N) is 1. The van der Waals surface area contributed by atoms with Gasteiger partial charge in [0.25, 0.3) is 5.91 Å². The number of nitrogens with one attached hydrogen (secondary N) is 3. The zero-order chi connectivity index (χ0) is 48.1. The average molecular weight is 945 g/mol. The van der Waals surface area contributed by atoms with Crippen LogP contribution >= 0.6 is 23.2 Å². The number of hydrogen-bond donors (Lipinski definition) is 4. The first-order valence-electron chi connectivity index (χ1n) is 23.3. The number of aryl methyl sites for hydroxylation is 1. The fourth-order valence-electron chi connectivity index (χ4n) is 10.4. The van der Waals surface area contributed by atoms with E-state index in [1.165, 1.54) is 4.90 Å². The minimum atomic E-state index is -0.885. The average Bonchev–Trinajstić information content (AvgIpc) is 3.68. The molecule has 4 amide bonds. The monoisotopic (exact) mass is 943 g/mol. The van der Waals surface area contributed by atoms with E-state index in [4.69, 9.17) is 27.9 Å². The number of aliphatic hydroxyl groups is 1. The number of carbonyl (C=O) groups is 4. The minimum Gasteiger partial charge on any atom is -0.489 e. The van der Waals surface area contributed by atoms with Crippen LogP contribution in [0.2, 0.25) is 10.0 Å². The standard InChI is InChI=1S/C51H67Cl2N7O6/c1-31(2)26-42(45(63)56-33(4)47(65)60-30-39(61)27-43(60)46(64)55-32(3)35-15-18-38(52)19-16-35)59-24-22-58(23-25-59)21-9-10-34-11-13-36(14-12-34)44(62)57-48-50(5,6)49(51(48,7)8)66-40-20-17-37(29-54)41(53)28-40/h11-20,28,31-33,39,42-43,48-49,61H,9-10,21-27,30H2,1-8H3,(H,55,64)(H,56,63)(H,57,62)/t32-,33-,39+,42-,43-,48?,49?/m0/s1. The predicted molar refractivity (Wildman–Crippen MR) is 257 cm³/mol. The van der Waals surface area contributed by atoms with Crippen LogP contribution in [0.5, 0.6) is 5.75 Å². The summed E-state index contributed by atoms with van der Waals surface area (Å²) in [6, 6.07) is 19.5. The molecule has 2 saturated heterocycles. The molecule has 3 aliphatic rings. The second-order valence-corrected chi connectivity index (χ2v) is 20.9. The number of amides is 4. The topological polar surface area (TPSA) is 167 Å². The van der Waals surface area contributed by atoms with Gasteiger partial charge in [0, 0.05) is 72.7 Å². The summed E-state index contributed by atoms with van der Waals surface area (Å²) >= 11 is 12.3. The Labute approximate surface area is 400 Å². The van der Waals surface area contributed by atoms with E-state index in [0.717, 1.165) is 43.6 Å². The van der Waals surface area contributed by atoms with Crippen LogP contribution in [0.15, 0.2) is 66.7 Å². The Hall–Kier alpha value is -4.71. The Balaban J connectivity index is 0.943. The van der Waals surface area contributed by atoms with E-state index >= 15 is 0 Å². The largest absolute Gasteiger partial charge is 0.489 e. The predicted octanol–water partition coefficient (Wildman–Crippen LogP) is 6.79. The number of likely N-dealkylation sites (tertiary alicyclic amines) is 1. The van der Waals surface area contributed by atoms with Crippen molar-refractivity contribution in [1.29, 1.82) is 5.26 Å².